The molecule has 0 saturated carbocycles. The smallest absolute Gasteiger partial charge is 0.243 e. The number of hydrogen-bond acceptors (Lipinski definition) is 2. The van der Waals surface area contributed by atoms with Crippen LogP contribution in [0.3, 0.4) is 0 Å². The number of carbonyl (C=O) groups excluding carboxylic acids is 2. The summed E-state index contributed by atoms with van der Waals surface area (Å²) in [7, 11) is 0. The highest BCUT2D eigenvalue weighted by Crippen LogP contribution is 1.98. The van der Waals surface area contributed by atoms with Crippen LogP contribution in [0.25, 0.3) is 0 Å². The van der Waals surface area contributed by atoms with Crippen molar-refractivity contribution >= 4 is 11.8 Å². The van der Waals surface area contributed by atoms with E-state index in [0.29, 0.717) is 0 Å². The zero-order chi connectivity index (χ0) is 13.1. The quantitative estimate of drug-likeness (QED) is 0.631. The molecule has 0 rings (SSSR count). The van der Waals surface area contributed by atoms with Gasteiger partial charge >= 0.3 is 0 Å². The fourth-order valence-corrected chi connectivity index (χ4v) is 1.27. The van der Waals surface area contributed by atoms with Gasteiger partial charge in [0.05, 0.1) is 0 Å². The molecule has 3 N–H and O–H groups in total. The maximum absolute atomic E-state index is 11.4. The lowest BCUT2D eigenvalue weighted by molar-refractivity contribution is -0.117. The highest BCUT2D eigenvalue weighted by atomic mass is 16.1. The number of nitrogens with one attached hydrogen (secondary N) is 1. The molecule has 17 heavy (non-hydrogen) atoms. The Morgan fingerprint density at radius 1 is 1.24 bits per heavy atom. The average molecular weight is 238 g/mol. The van der Waals surface area contributed by atoms with E-state index in [1.807, 2.05) is 13.0 Å². The lowest BCUT2D eigenvalue weighted by atomic mass is 10.1. The number of carbonyl (C=O) groups is 2. The second-order valence-electron chi connectivity index (χ2n) is 3.98. The van der Waals surface area contributed by atoms with E-state index >= 15 is 0 Å². The molecule has 0 aromatic carbocycles. The number of amides is 2. The molecule has 4 heteroatoms. The summed E-state index contributed by atoms with van der Waals surface area (Å²) in [4.78, 5) is 21.8. The topological polar surface area (TPSA) is 72.2 Å². The third-order valence-corrected chi connectivity index (χ3v) is 2.16. The summed E-state index contributed by atoms with van der Waals surface area (Å²) in [5, 5.41) is 2.85. The zero-order valence-electron chi connectivity index (χ0n) is 10.6. The van der Waals surface area contributed by atoms with Gasteiger partial charge in [0.1, 0.15) is 0 Å². The summed E-state index contributed by atoms with van der Waals surface area (Å²) in [5.74, 6) is -0.506. The Morgan fingerprint density at radius 3 is 2.47 bits per heavy atom. The molecular weight excluding hydrogens is 216 g/mol. The van der Waals surface area contributed by atoms with Crippen LogP contribution in [0.4, 0.5) is 0 Å². The third-order valence-electron chi connectivity index (χ3n) is 2.16. The van der Waals surface area contributed by atoms with Crippen molar-refractivity contribution in [2.24, 2.45) is 5.73 Å². The van der Waals surface area contributed by atoms with Crippen LogP contribution in [-0.2, 0) is 9.59 Å². The molecule has 0 heterocycles. The number of nitrogens with two attached hydrogens (primary N) is 1. The Kier molecular flexibility index (Phi) is 8.74. The highest BCUT2D eigenvalue weighted by molar-refractivity contribution is 5.87. The van der Waals surface area contributed by atoms with Gasteiger partial charge in [0.25, 0.3) is 0 Å². The van der Waals surface area contributed by atoms with Crippen molar-refractivity contribution in [1.82, 2.24) is 5.32 Å². The van der Waals surface area contributed by atoms with Crippen LogP contribution in [-0.4, -0.2) is 17.9 Å². The van der Waals surface area contributed by atoms with Crippen LogP contribution in [0.2, 0.25) is 0 Å². The van der Waals surface area contributed by atoms with Gasteiger partial charge in [-0.2, -0.15) is 0 Å². The zero-order valence-corrected chi connectivity index (χ0v) is 10.6. The third kappa shape index (κ3) is 10.7. The van der Waals surface area contributed by atoms with E-state index in [1.165, 1.54) is 6.08 Å². The molecular formula is C13H22N2O2. The van der Waals surface area contributed by atoms with Gasteiger partial charge in [0.15, 0.2) is 0 Å². The summed E-state index contributed by atoms with van der Waals surface area (Å²) in [6.07, 6.45) is 9.97. The van der Waals surface area contributed by atoms with Crippen molar-refractivity contribution < 1.29 is 9.59 Å². The fourth-order valence-electron chi connectivity index (χ4n) is 1.27. The Labute approximate surface area is 103 Å². The summed E-state index contributed by atoms with van der Waals surface area (Å²) in [6, 6.07) is 0.0892. The molecule has 0 aromatic rings. The van der Waals surface area contributed by atoms with Crippen LogP contribution < -0.4 is 11.1 Å². The number of unbranched alkanes of at least 4 members (excludes halogenated alkanes) is 1. The van der Waals surface area contributed by atoms with Gasteiger partial charge in [0.2, 0.25) is 11.8 Å². The average Bonchev–Trinajstić information content (AvgIpc) is 2.24. The number of hydrogen-bond donors (Lipinski definition) is 2. The van der Waals surface area contributed by atoms with Gasteiger partial charge in [-0.15, -0.1) is 0 Å². The Bertz CT molecular complexity index is 296. The maximum Gasteiger partial charge on any atom is 0.243 e. The molecule has 96 valence electrons. The van der Waals surface area contributed by atoms with E-state index in [1.54, 1.807) is 12.2 Å². The first-order chi connectivity index (χ1) is 8.06. The molecule has 4 nitrogen and oxygen atoms in total. The lowest BCUT2D eigenvalue weighted by Crippen LogP contribution is -2.30. The summed E-state index contributed by atoms with van der Waals surface area (Å²) >= 11 is 0. The second-order valence-corrected chi connectivity index (χ2v) is 3.98. The molecule has 1 unspecified atom stereocenters. The monoisotopic (exact) mass is 238 g/mol. The predicted octanol–water partition coefficient (Wildman–Crippen LogP) is 1.67. The van der Waals surface area contributed by atoms with Crippen LogP contribution in [0, 0.1) is 0 Å². The van der Waals surface area contributed by atoms with Gasteiger partial charge in [0, 0.05) is 6.04 Å². The minimum atomic E-state index is -0.441. The first-order valence-electron chi connectivity index (χ1n) is 5.99. The first kappa shape index (κ1) is 15.4. The number of allylic oxidation sites excluding steroid dienone is 2. The molecule has 0 aliphatic carbocycles. The summed E-state index contributed by atoms with van der Waals surface area (Å²) in [6.45, 7) is 4.00. The molecule has 0 aliphatic heterocycles. The maximum atomic E-state index is 11.4. The Hall–Kier alpha value is -1.58. The SMILES string of the molecule is CCCC=CC(=O)NC(C)CCC=CC(N)=O. The standard InChI is InChI=1S/C13H22N2O2/c1-3-4-5-10-13(17)15-11(2)8-6-7-9-12(14)16/h5,7,9-11H,3-4,6,8H2,1-2H3,(H2,14,16)(H,15,17). The van der Waals surface area contributed by atoms with Gasteiger partial charge in [-0.1, -0.05) is 25.5 Å². The van der Waals surface area contributed by atoms with Crippen LogP contribution in [0.1, 0.15) is 39.5 Å². The Balaban J connectivity index is 3.74. The van der Waals surface area contributed by atoms with Crippen LogP contribution >= 0.6 is 0 Å². The molecule has 0 saturated heterocycles. The fraction of sp³-hybridized carbons (Fsp3) is 0.538. The summed E-state index contributed by atoms with van der Waals surface area (Å²) in [5.41, 5.74) is 4.95. The first-order valence-corrected chi connectivity index (χ1v) is 5.99. The van der Waals surface area contributed by atoms with Crippen molar-refractivity contribution in [2.45, 2.75) is 45.6 Å². The molecule has 0 radical (unpaired) electrons. The van der Waals surface area contributed by atoms with Crippen molar-refractivity contribution in [2.75, 3.05) is 0 Å². The largest absolute Gasteiger partial charge is 0.366 e. The number of primary amides is 1. The van der Waals surface area contributed by atoms with E-state index < -0.39 is 5.91 Å². The Morgan fingerprint density at radius 2 is 1.88 bits per heavy atom. The van der Waals surface area contributed by atoms with E-state index in [2.05, 4.69) is 12.2 Å². The molecule has 1 atom stereocenters. The van der Waals surface area contributed by atoms with Crippen molar-refractivity contribution in [1.29, 1.82) is 0 Å². The molecule has 2 amide bonds. The van der Waals surface area contributed by atoms with Gasteiger partial charge in [-0.25, -0.2) is 0 Å². The molecule has 0 aromatic heterocycles. The minimum Gasteiger partial charge on any atom is -0.366 e. The van der Waals surface area contributed by atoms with Gasteiger partial charge in [-0.3, -0.25) is 9.59 Å². The molecule has 0 spiro atoms. The molecule has 0 fully saturated rings. The van der Waals surface area contributed by atoms with Crippen molar-refractivity contribution in [3.8, 4) is 0 Å². The van der Waals surface area contributed by atoms with E-state index in [0.717, 1.165) is 25.7 Å². The van der Waals surface area contributed by atoms with Gasteiger partial charge in [-0.05, 0) is 38.3 Å². The predicted molar refractivity (Wildman–Crippen MR) is 69.2 cm³/mol. The van der Waals surface area contributed by atoms with E-state index in [4.69, 9.17) is 5.73 Å². The minimum absolute atomic E-state index is 0.0650. The second kappa shape index (κ2) is 9.63. The lowest BCUT2D eigenvalue weighted by Gasteiger charge is -2.10. The molecule has 0 bridgehead atoms. The summed E-state index contributed by atoms with van der Waals surface area (Å²) < 4.78 is 0. The highest BCUT2D eigenvalue weighted by Gasteiger charge is 2.02. The van der Waals surface area contributed by atoms with E-state index in [9.17, 15) is 9.59 Å². The van der Waals surface area contributed by atoms with Crippen molar-refractivity contribution in [3.05, 3.63) is 24.3 Å². The van der Waals surface area contributed by atoms with Crippen LogP contribution in [0.15, 0.2) is 24.3 Å². The number of rotatable bonds is 8. The normalized spacial score (nSPS) is 13.1. The van der Waals surface area contributed by atoms with Crippen molar-refractivity contribution in [3.63, 3.8) is 0 Å². The van der Waals surface area contributed by atoms with E-state index in [-0.39, 0.29) is 11.9 Å². The van der Waals surface area contributed by atoms with Gasteiger partial charge < -0.3 is 11.1 Å². The van der Waals surface area contributed by atoms with Crippen LogP contribution in [0.5, 0.6) is 0 Å². The molecule has 0 aliphatic rings.